The number of unbranched alkanes of at least 4 members (excludes halogenated alkanes) is 1. The van der Waals surface area contributed by atoms with E-state index in [4.69, 9.17) is 16.7 Å². The number of aromatic nitrogens is 2. The van der Waals surface area contributed by atoms with Crippen LogP contribution >= 0.6 is 11.6 Å². The maximum atomic E-state index is 9.68. The summed E-state index contributed by atoms with van der Waals surface area (Å²) in [7, 11) is 0. The summed E-state index contributed by atoms with van der Waals surface area (Å²) in [5, 5.41) is 19.3. The zero-order valence-corrected chi connectivity index (χ0v) is 13.4. The van der Waals surface area contributed by atoms with Crippen LogP contribution in [0.4, 0.5) is 0 Å². The van der Waals surface area contributed by atoms with Gasteiger partial charge < -0.3 is 15.2 Å². The van der Waals surface area contributed by atoms with Gasteiger partial charge in [-0.15, -0.1) is 0 Å². The summed E-state index contributed by atoms with van der Waals surface area (Å²) in [6, 6.07) is 0. The molecular weight excluding hydrogens is 290 g/mol. The predicted molar refractivity (Wildman–Crippen MR) is 83.3 cm³/mol. The molecule has 2 rings (SSSR count). The molecular formula is C15H26ClN3O2. The van der Waals surface area contributed by atoms with Crippen LogP contribution in [0.15, 0.2) is 0 Å². The molecule has 0 aromatic carbocycles. The molecule has 1 aliphatic rings. The summed E-state index contributed by atoms with van der Waals surface area (Å²) in [4.78, 5) is 10.0. The van der Waals surface area contributed by atoms with Crippen molar-refractivity contribution in [3.8, 4) is 0 Å². The minimum absolute atomic E-state index is 0.141. The lowest BCUT2D eigenvalue weighted by molar-refractivity contribution is 0.0170. The lowest BCUT2D eigenvalue weighted by Crippen LogP contribution is -2.38. The van der Waals surface area contributed by atoms with E-state index in [9.17, 15) is 5.11 Å². The number of hydrogen-bond acceptors (Lipinski definition) is 4. The van der Waals surface area contributed by atoms with Crippen LogP contribution in [0, 0.1) is 5.92 Å². The molecule has 120 valence electrons. The average Bonchev–Trinajstić information content (AvgIpc) is 2.85. The van der Waals surface area contributed by atoms with Crippen LogP contribution in [-0.4, -0.2) is 50.9 Å². The molecule has 0 saturated carbocycles. The lowest BCUT2D eigenvalue weighted by atomic mass is 9.91. The molecule has 1 aliphatic heterocycles. The van der Waals surface area contributed by atoms with Crippen molar-refractivity contribution < 1.29 is 10.2 Å². The van der Waals surface area contributed by atoms with Crippen LogP contribution in [0.3, 0.4) is 0 Å². The van der Waals surface area contributed by atoms with Gasteiger partial charge in [-0.2, -0.15) is 0 Å². The number of aliphatic hydroxyl groups is 2. The van der Waals surface area contributed by atoms with Crippen LogP contribution < -0.4 is 0 Å². The number of halogens is 1. The Kier molecular flexibility index (Phi) is 6.48. The second kappa shape index (κ2) is 8.13. The first kappa shape index (κ1) is 16.7. The molecule has 0 radical (unpaired) electrons. The third-order valence-electron chi connectivity index (χ3n) is 4.29. The molecule has 6 heteroatoms. The molecule has 3 N–H and O–H groups in total. The normalized spacial score (nSPS) is 19.0. The number of hydrogen-bond donors (Lipinski definition) is 3. The fraction of sp³-hybridized carbons (Fsp3) is 0.800. The van der Waals surface area contributed by atoms with E-state index in [2.05, 4.69) is 21.8 Å². The Labute approximate surface area is 131 Å². The van der Waals surface area contributed by atoms with Gasteiger partial charge in [0.1, 0.15) is 5.82 Å². The van der Waals surface area contributed by atoms with Crippen LogP contribution in [0.25, 0.3) is 0 Å². The second-order valence-electron chi connectivity index (χ2n) is 5.92. The number of aromatic amines is 1. The smallest absolute Gasteiger partial charge is 0.151 e. The van der Waals surface area contributed by atoms with E-state index in [1.165, 1.54) is 0 Å². The molecule has 21 heavy (non-hydrogen) atoms. The van der Waals surface area contributed by atoms with E-state index in [-0.39, 0.29) is 12.5 Å². The van der Waals surface area contributed by atoms with Gasteiger partial charge in [0, 0.05) is 13.0 Å². The molecule has 1 unspecified atom stereocenters. The van der Waals surface area contributed by atoms with E-state index >= 15 is 0 Å². The van der Waals surface area contributed by atoms with Gasteiger partial charge in [-0.1, -0.05) is 24.9 Å². The fourth-order valence-electron chi connectivity index (χ4n) is 2.88. The summed E-state index contributed by atoms with van der Waals surface area (Å²) < 4.78 is 0. The highest BCUT2D eigenvalue weighted by molar-refractivity contribution is 6.30. The molecule has 0 amide bonds. The minimum atomic E-state index is -0.580. The van der Waals surface area contributed by atoms with Crippen molar-refractivity contribution in [3.63, 3.8) is 0 Å². The highest BCUT2D eigenvalue weighted by Crippen LogP contribution is 2.23. The lowest BCUT2D eigenvalue weighted by Gasteiger charge is -2.33. The molecule has 0 spiro atoms. The van der Waals surface area contributed by atoms with E-state index in [1.807, 2.05) is 0 Å². The number of aryl methyl sites for hydroxylation is 1. The van der Waals surface area contributed by atoms with Crippen LogP contribution in [-0.2, 0) is 13.0 Å². The molecule has 2 heterocycles. The Morgan fingerprint density at radius 1 is 1.43 bits per heavy atom. The first-order valence-corrected chi connectivity index (χ1v) is 8.26. The van der Waals surface area contributed by atoms with Crippen LogP contribution in [0.5, 0.6) is 0 Å². The highest BCUT2D eigenvalue weighted by atomic mass is 35.5. The summed E-state index contributed by atoms with van der Waals surface area (Å²) in [6.45, 7) is 4.64. The first-order valence-electron chi connectivity index (χ1n) is 7.88. The van der Waals surface area contributed by atoms with E-state index in [0.29, 0.717) is 5.15 Å². The highest BCUT2D eigenvalue weighted by Gasteiger charge is 2.25. The molecule has 1 fully saturated rings. The first-order chi connectivity index (χ1) is 10.1. The van der Waals surface area contributed by atoms with E-state index in [0.717, 1.165) is 63.3 Å². The molecule has 0 aliphatic carbocycles. The zero-order chi connectivity index (χ0) is 15.2. The second-order valence-corrected chi connectivity index (χ2v) is 6.28. The van der Waals surface area contributed by atoms with Gasteiger partial charge in [-0.3, -0.25) is 4.90 Å². The Morgan fingerprint density at radius 3 is 2.76 bits per heavy atom. The Morgan fingerprint density at radius 2 is 2.14 bits per heavy atom. The van der Waals surface area contributed by atoms with Gasteiger partial charge in [-0.05, 0) is 38.3 Å². The van der Waals surface area contributed by atoms with Gasteiger partial charge in [-0.25, -0.2) is 4.98 Å². The molecule has 1 aromatic heterocycles. The van der Waals surface area contributed by atoms with Crippen molar-refractivity contribution in [1.29, 1.82) is 0 Å². The van der Waals surface area contributed by atoms with Crippen molar-refractivity contribution >= 4 is 11.6 Å². The molecule has 1 aromatic rings. The average molecular weight is 316 g/mol. The van der Waals surface area contributed by atoms with Crippen LogP contribution in [0.1, 0.15) is 44.1 Å². The standard InChI is InChI=1S/C15H26ClN3O2/c1-2-3-4-14-17-12(15(16)18-14)9-19-7-5-11(6-8-19)13(21)10-20/h11,13,20-21H,2-10H2,1H3,(H,17,18). The molecule has 1 saturated heterocycles. The Balaban J connectivity index is 1.84. The maximum absolute atomic E-state index is 9.68. The van der Waals surface area contributed by atoms with E-state index in [1.54, 1.807) is 0 Å². The third kappa shape index (κ3) is 4.68. The summed E-state index contributed by atoms with van der Waals surface area (Å²) >= 11 is 6.20. The fourth-order valence-corrected chi connectivity index (χ4v) is 3.08. The molecule has 1 atom stereocenters. The third-order valence-corrected chi connectivity index (χ3v) is 4.60. The summed E-state index contributed by atoms with van der Waals surface area (Å²) in [6.07, 6.45) is 4.46. The number of likely N-dealkylation sites (tertiary alicyclic amines) is 1. The van der Waals surface area contributed by atoms with Crippen molar-refractivity contribution in [2.75, 3.05) is 19.7 Å². The summed E-state index contributed by atoms with van der Waals surface area (Å²) in [5.41, 5.74) is 0.990. The monoisotopic (exact) mass is 315 g/mol. The topological polar surface area (TPSA) is 72.4 Å². The van der Waals surface area contributed by atoms with Gasteiger partial charge in [0.25, 0.3) is 0 Å². The van der Waals surface area contributed by atoms with Crippen molar-refractivity contribution in [2.24, 2.45) is 5.92 Å². The SMILES string of the molecule is CCCCc1nc(Cl)c(CN2CCC(C(O)CO)CC2)[nH]1. The number of nitrogens with one attached hydrogen (secondary N) is 1. The number of nitrogens with zero attached hydrogens (tertiary/aromatic N) is 2. The van der Waals surface area contributed by atoms with Gasteiger partial charge in [0.05, 0.1) is 18.4 Å². The maximum Gasteiger partial charge on any atom is 0.151 e. The van der Waals surface area contributed by atoms with Gasteiger partial charge >= 0.3 is 0 Å². The number of H-pyrrole nitrogens is 1. The largest absolute Gasteiger partial charge is 0.394 e. The number of piperidine rings is 1. The van der Waals surface area contributed by atoms with Crippen molar-refractivity contribution in [3.05, 3.63) is 16.7 Å². The number of rotatable bonds is 7. The zero-order valence-electron chi connectivity index (χ0n) is 12.7. The predicted octanol–water partition coefficient (Wildman–Crippen LogP) is 1.97. The van der Waals surface area contributed by atoms with Gasteiger partial charge in [0.15, 0.2) is 5.15 Å². The van der Waals surface area contributed by atoms with Crippen LogP contribution in [0.2, 0.25) is 5.15 Å². The van der Waals surface area contributed by atoms with Crippen molar-refractivity contribution in [1.82, 2.24) is 14.9 Å². The van der Waals surface area contributed by atoms with E-state index < -0.39 is 6.10 Å². The van der Waals surface area contributed by atoms with Gasteiger partial charge in [0.2, 0.25) is 0 Å². The Hall–Kier alpha value is -0.620. The number of imidazole rings is 1. The quantitative estimate of drug-likeness (QED) is 0.719. The molecule has 5 nitrogen and oxygen atoms in total. The molecule has 0 bridgehead atoms. The minimum Gasteiger partial charge on any atom is -0.394 e. The number of aliphatic hydroxyl groups excluding tert-OH is 2. The Bertz CT molecular complexity index is 431. The van der Waals surface area contributed by atoms with Crippen molar-refractivity contribution in [2.45, 2.75) is 51.7 Å². The summed E-state index contributed by atoms with van der Waals surface area (Å²) in [5.74, 6) is 1.19.